The molecule has 37 nitrogen and oxygen atoms in total. The smallest absolute Gasteiger partial charge is 0.246 e. The number of nitrogens with zero attached hydrogens (tertiary/aromatic N) is 1. The Bertz CT molecular complexity index is 4830. The predicted octanol–water partition coefficient (Wildman–Crippen LogP) is 0.604. The molecule has 37 heteroatoms. The first-order valence-electron chi connectivity index (χ1n) is 45.3. The van der Waals surface area contributed by atoms with E-state index in [0.717, 1.165) is 11.1 Å². The molecular formula is C95H135N21O16. The molecular weight excluding hydrogens is 1690 g/mol. The number of nitrogens with two attached hydrogens (primary N) is 5. The van der Waals surface area contributed by atoms with Gasteiger partial charge in [0.05, 0.1) is 19.2 Å². The predicted molar refractivity (Wildman–Crippen MR) is 498 cm³/mol. The van der Waals surface area contributed by atoms with Gasteiger partial charge in [-0.25, -0.2) is 0 Å². The number of benzene rings is 5. The molecule has 132 heavy (non-hydrogen) atoms. The van der Waals surface area contributed by atoms with Crippen molar-refractivity contribution in [2.45, 2.75) is 237 Å². The van der Waals surface area contributed by atoms with Gasteiger partial charge in [-0.2, -0.15) is 0 Å². The lowest BCUT2D eigenvalue weighted by Crippen LogP contribution is -2.61. The normalized spacial score (nSPS) is 16.0. The molecule has 0 saturated carbocycles. The van der Waals surface area contributed by atoms with Crippen molar-refractivity contribution in [3.63, 3.8) is 0 Å². The van der Waals surface area contributed by atoms with Crippen LogP contribution in [0.25, 0.3) is 10.9 Å². The molecule has 1 aliphatic heterocycles. The summed E-state index contributed by atoms with van der Waals surface area (Å²) < 4.78 is 0. The first-order valence-corrected chi connectivity index (χ1v) is 45.3. The quantitative estimate of drug-likeness (QED) is 0.0141. The average molecular weight is 1830 g/mol. The van der Waals surface area contributed by atoms with E-state index < -0.39 is 205 Å². The Morgan fingerprint density at radius 1 is 0.470 bits per heavy atom. The van der Waals surface area contributed by atoms with Gasteiger partial charge in [-0.1, -0.05) is 201 Å². The number of likely N-dealkylation sites (tertiary alicyclic amines) is 1. The Labute approximate surface area is 770 Å². The summed E-state index contributed by atoms with van der Waals surface area (Å²) in [5, 5.41) is 54.4. The fourth-order valence-corrected chi connectivity index (χ4v) is 15.7. The fourth-order valence-electron chi connectivity index (χ4n) is 15.7. The van der Waals surface area contributed by atoms with Gasteiger partial charge in [-0.15, -0.1) is 0 Å². The van der Waals surface area contributed by atoms with Crippen molar-refractivity contribution in [3.05, 3.63) is 180 Å². The number of hydrogen-bond donors (Lipinski definition) is 21. The number of amides is 15. The van der Waals surface area contributed by atoms with Crippen molar-refractivity contribution >= 4 is 105 Å². The van der Waals surface area contributed by atoms with Crippen LogP contribution in [0.5, 0.6) is 0 Å². The van der Waals surface area contributed by atoms with Gasteiger partial charge in [-0.3, -0.25) is 77.3 Å². The van der Waals surface area contributed by atoms with Crippen LogP contribution in [0.1, 0.15) is 154 Å². The van der Waals surface area contributed by atoms with E-state index >= 15 is 24.0 Å². The summed E-state index contributed by atoms with van der Waals surface area (Å²) in [7, 11) is 0. The number of rotatable bonds is 55. The third-order valence-corrected chi connectivity index (χ3v) is 23.0. The van der Waals surface area contributed by atoms with Crippen LogP contribution in [0.4, 0.5) is 0 Å². The molecule has 7 rings (SSSR count). The molecule has 2 heterocycles. The molecule has 6 aromatic rings. The van der Waals surface area contributed by atoms with E-state index in [0.29, 0.717) is 46.9 Å². The van der Waals surface area contributed by atoms with Gasteiger partial charge in [0, 0.05) is 55.9 Å². The van der Waals surface area contributed by atoms with Crippen LogP contribution >= 0.6 is 0 Å². The number of carbonyl (C=O) groups is 15. The molecule has 0 radical (unpaired) electrons. The van der Waals surface area contributed by atoms with E-state index in [-0.39, 0.29) is 114 Å². The lowest BCUT2D eigenvalue weighted by Gasteiger charge is -2.32. The third kappa shape index (κ3) is 34.6. The number of guanidine groups is 1. The van der Waals surface area contributed by atoms with Crippen molar-refractivity contribution in [1.82, 2.24) is 79.0 Å². The van der Waals surface area contributed by atoms with Crippen molar-refractivity contribution in [1.29, 1.82) is 5.41 Å². The Morgan fingerprint density at radius 2 is 0.924 bits per heavy atom. The number of primary amides is 2. The number of fused-ring (bicyclic) bond motifs is 1. The second-order valence-corrected chi connectivity index (χ2v) is 35.1. The standard InChI is InChI=1S/C95H135N21O16/c1-9-58(8)81(93(131)108-71(82(99)120)43-55(2)3)115-87(125)68(38-26-42-102-95(100)101)105-79(119)52-104-84(122)72(44-56(4)5)109-88(126)73(47-61-31-18-12-19-32-61)110-85(123)69(37-24-25-41-96)106-91(129)76(54-117)113-89(127)74(48-62-33-20-13-21-34-62)111-90(128)75(50-64-51-103-67-36-23-22-35-65(64)67)112-86(124)70(39-40-78(98)118)107-92(130)77-49-63(45-59-27-14-10-15-28-59)53-116(77)94(132)80(57(6)7)114-83(121)66(97)46-60-29-16-11-17-30-60/h10-23,27-36,51,55-58,63,66,68-77,80-81,103,117H,9,24-26,37-50,52-54,96-97H2,1-8H3,(H2,98,118)(H2,99,120)(H,104,122)(H,105,119)(H,106,129)(H,107,130)(H,108,131)(H,109,126)(H,110,123)(H,111,128)(H,112,124)(H,113,127)(H,114,121)(H,115,125)(H4,100,101,102)/t58-,63+,66-,68-,69-,70-,71-,72-,73-,74-,75-,76-,77-,80-,81-/m0/s1. The van der Waals surface area contributed by atoms with Gasteiger partial charge in [0.1, 0.15) is 72.5 Å². The summed E-state index contributed by atoms with van der Waals surface area (Å²) in [6.07, 6.45) is 2.06. The molecule has 716 valence electrons. The maximum Gasteiger partial charge on any atom is 0.246 e. The SMILES string of the molecule is CC[C@H](C)[C@H](NC(=O)[C@H](CCCNC(=N)N)NC(=O)CNC(=O)[C@H](CC(C)C)NC(=O)[C@H](Cc1ccccc1)NC(=O)[C@H](CCCCN)NC(=O)[C@H](CO)NC(=O)[C@H](Cc1ccccc1)NC(=O)[C@H](Cc1c[nH]c2ccccc12)NC(=O)[C@H](CCC(N)=O)NC(=O)[C@@H]1C[C@@H](Cc2ccccc2)CN1C(=O)[C@@H](NC(=O)[C@@H](N)Cc1ccccc1)C(C)C)C(=O)N[C@@H](CC(C)C)C(N)=O. The van der Waals surface area contributed by atoms with Gasteiger partial charge < -0.3 is 113 Å². The number of aliphatic hydroxyl groups excluding tert-OH is 1. The van der Waals surface area contributed by atoms with Crippen LogP contribution < -0.4 is 97.8 Å². The number of H-pyrrole nitrogens is 1. The van der Waals surface area contributed by atoms with Crippen LogP contribution in [-0.4, -0.2) is 221 Å². The fraction of sp³-hybridized carbons (Fsp3) is 0.495. The number of nitrogens with one attached hydrogen (secondary N) is 15. The second-order valence-electron chi connectivity index (χ2n) is 35.1. The molecule has 1 saturated heterocycles. The second kappa shape index (κ2) is 53.9. The molecule has 15 amide bonds. The molecule has 1 aromatic heterocycles. The number of aromatic nitrogens is 1. The largest absolute Gasteiger partial charge is 0.394 e. The summed E-state index contributed by atoms with van der Waals surface area (Å²) >= 11 is 0. The van der Waals surface area contributed by atoms with Crippen LogP contribution in [0.15, 0.2) is 152 Å². The van der Waals surface area contributed by atoms with Gasteiger partial charge >= 0.3 is 0 Å². The molecule has 26 N–H and O–H groups in total. The number of hydrogen-bond acceptors (Lipinski definition) is 19. The van der Waals surface area contributed by atoms with Crippen LogP contribution in [0.3, 0.4) is 0 Å². The van der Waals surface area contributed by atoms with E-state index in [1.807, 2.05) is 74.5 Å². The third-order valence-electron chi connectivity index (χ3n) is 23.0. The van der Waals surface area contributed by atoms with E-state index in [1.54, 1.807) is 133 Å². The van der Waals surface area contributed by atoms with Gasteiger partial charge in [0.2, 0.25) is 88.6 Å². The molecule has 0 spiro atoms. The zero-order valence-electron chi connectivity index (χ0n) is 76.6. The monoisotopic (exact) mass is 1830 g/mol. The maximum absolute atomic E-state index is 15.4. The number of aliphatic hydroxyl groups is 1. The molecule has 0 aliphatic carbocycles. The Balaban J connectivity index is 1.11. The molecule has 0 bridgehead atoms. The molecule has 5 aromatic carbocycles. The Hall–Kier alpha value is -13.2. The summed E-state index contributed by atoms with van der Waals surface area (Å²) in [5.41, 5.74) is 33.2. The molecule has 1 aliphatic rings. The highest BCUT2D eigenvalue weighted by atomic mass is 16.3. The highest BCUT2D eigenvalue weighted by Gasteiger charge is 2.45. The summed E-state index contributed by atoms with van der Waals surface area (Å²) in [5.74, 6) is -14.5. The maximum atomic E-state index is 15.4. The van der Waals surface area contributed by atoms with Crippen molar-refractivity contribution in [2.24, 2.45) is 58.3 Å². The first kappa shape index (κ1) is 106. The summed E-state index contributed by atoms with van der Waals surface area (Å²) in [6, 6.07) is 24.6. The van der Waals surface area contributed by atoms with Crippen LogP contribution in [-0.2, 0) is 104 Å². The summed E-state index contributed by atoms with van der Waals surface area (Å²) in [4.78, 5) is 220. The van der Waals surface area contributed by atoms with Gasteiger partial charge in [0.15, 0.2) is 5.96 Å². The molecule has 15 atom stereocenters. The zero-order valence-corrected chi connectivity index (χ0v) is 76.6. The minimum atomic E-state index is -1.84. The van der Waals surface area contributed by atoms with E-state index in [2.05, 4.69) is 74.1 Å². The number of para-hydroxylation sites is 1. The summed E-state index contributed by atoms with van der Waals surface area (Å²) in [6.45, 7) is 12.8. The van der Waals surface area contributed by atoms with Gasteiger partial charge in [0.25, 0.3) is 0 Å². The highest BCUT2D eigenvalue weighted by Crippen LogP contribution is 2.30. The van der Waals surface area contributed by atoms with Crippen LogP contribution in [0.2, 0.25) is 0 Å². The van der Waals surface area contributed by atoms with Gasteiger partial charge in [-0.05, 0) is 141 Å². The Kier molecular flexibility index (Phi) is 43.2. The van der Waals surface area contributed by atoms with Crippen LogP contribution in [0, 0.1) is 35.0 Å². The number of aromatic amines is 1. The van der Waals surface area contributed by atoms with E-state index in [4.69, 9.17) is 34.1 Å². The first-order chi connectivity index (χ1) is 62.9. The highest BCUT2D eigenvalue weighted by molar-refractivity contribution is 6.01. The number of unbranched alkanes of at least 4 members (excludes halogenated alkanes) is 1. The van der Waals surface area contributed by atoms with E-state index in [9.17, 15) is 53.1 Å². The zero-order chi connectivity index (χ0) is 96.7. The topological polar surface area (TPSA) is 606 Å². The minimum Gasteiger partial charge on any atom is -0.394 e. The van der Waals surface area contributed by atoms with Crippen molar-refractivity contribution in [3.8, 4) is 0 Å². The average Bonchev–Trinajstić information content (AvgIpc) is 1.65. The molecule has 1 fully saturated rings. The lowest BCUT2D eigenvalue weighted by atomic mass is 9.96. The lowest BCUT2D eigenvalue weighted by molar-refractivity contribution is -0.143. The van der Waals surface area contributed by atoms with Crippen molar-refractivity contribution < 1.29 is 77.0 Å². The molecule has 0 unspecified atom stereocenters. The van der Waals surface area contributed by atoms with E-state index in [1.165, 1.54) is 4.90 Å². The Morgan fingerprint density at radius 3 is 1.45 bits per heavy atom. The van der Waals surface area contributed by atoms with Crippen molar-refractivity contribution in [2.75, 3.05) is 32.8 Å². The number of carbonyl (C=O) groups excluding carboxylic acids is 15. The minimum absolute atomic E-state index is 0.000854.